The maximum absolute atomic E-state index is 6.65. The van der Waals surface area contributed by atoms with Crippen molar-refractivity contribution in [3.8, 4) is 11.3 Å². The molecule has 0 spiro atoms. The number of para-hydroxylation sites is 2. The molecule has 2 heterocycles. The van der Waals surface area contributed by atoms with Crippen LogP contribution in [0.4, 0.5) is 0 Å². The third kappa shape index (κ3) is 8.85. The van der Waals surface area contributed by atoms with E-state index >= 15 is 0 Å². The summed E-state index contributed by atoms with van der Waals surface area (Å²) in [6, 6.07) is 30.4. The minimum Gasteiger partial charge on any atom is -0.685 e. The summed E-state index contributed by atoms with van der Waals surface area (Å²) in [7, 11) is 0. The minimum atomic E-state index is -0.0112. The van der Waals surface area contributed by atoms with Crippen LogP contribution in [0.1, 0.15) is 130 Å². The number of furan rings is 1. The van der Waals surface area contributed by atoms with Crippen molar-refractivity contribution in [2.75, 3.05) is 0 Å². The van der Waals surface area contributed by atoms with Gasteiger partial charge in [-0.3, -0.25) is 9.98 Å². The van der Waals surface area contributed by atoms with Gasteiger partial charge in [0.15, 0.2) is 0 Å². The van der Waals surface area contributed by atoms with Crippen molar-refractivity contribution < 1.29 is 24.5 Å². The molecule has 2 aliphatic carbocycles. The molecule has 2 aliphatic rings. The Morgan fingerprint density at radius 1 is 0.815 bits per heavy atom. The largest absolute Gasteiger partial charge is 0.685 e. The summed E-state index contributed by atoms with van der Waals surface area (Å²) in [6.45, 7) is 15.5. The first kappa shape index (κ1) is 39.9. The third-order valence-corrected chi connectivity index (χ3v) is 11.2. The van der Waals surface area contributed by atoms with E-state index in [1.54, 1.807) is 0 Å². The summed E-state index contributed by atoms with van der Waals surface area (Å²) in [5.41, 5.74) is 9.61. The fourth-order valence-corrected chi connectivity index (χ4v) is 8.51. The maximum atomic E-state index is 6.65. The van der Waals surface area contributed by atoms with Gasteiger partial charge in [0.05, 0.1) is 11.6 Å². The number of hydrogen-bond donors (Lipinski definition) is 0. The van der Waals surface area contributed by atoms with E-state index in [-0.39, 0.29) is 25.5 Å². The van der Waals surface area contributed by atoms with E-state index in [9.17, 15) is 0 Å². The van der Waals surface area contributed by atoms with Gasteiger partial charge in [0.1, 0.15) is 11.2 Å². The fourth-order valence-electron chi connectivity index (χ4n) is 8.51. The van der Waals surface area contributed by atoms with Crippen LogP contribution in [0.15, 0.2) is 94.0 Å². The molecule has 5 heteroatoms. The molecule has 6 aromatic rings. The van der Waals surface area contributed by atoms with E-state index in [1.807, 2.05) is 6.07 Å². The fraction of sp³-hybridized carbons (Fsp3) is 0.429. The number of nitrogens with zero attached hydrogens (tertiary/aromatic N) is 3. The van der Waals surface area contributed by atoms with Crippen molar-refractivity contribution in [2.24, 2.45) is 4.99 Å². The van der Waals surface area contributed by atoms with Crippen LogP contribution >= 0.6 is 0 Å². The SMILES string of the molecule is CC(/C=C(/C)[N-]C1CCCCC1)=NC1CCCCC1.CC(C)c1cccc2c1oc1c3ccccc3nc(-c3[c-]c4ccccc4c(C(C)(C)C)c3)c21.[Ir]. The van der Waals surface area contributed by atoms with Gasteiger partial charge in [-0.2, -0.15) is 5.70 Å². The summed E-state index contributed by atoms with van der Waals surface area (Å²) < 4.78 is 6.65. The first-order chi connectivity index (χ1) is 25.6. The zero-order valence-corrected chi connectivity index (χ0v) is 35.8. The molecule has 0 saturated heterocycles. The Bertz CT molecular complexity index is 2280. The molecule has 0 bridgehead atoms. The van der Waals surface area contributed by atoms with Crippen LogP contribution in [0, 0.1) is 6.07 Å². The topological polar surface area (TPSA) is 52.5 Å². The summed E-state index contributed by atoms with van der Waals surface area (Å²) in [4.78, 5) is 10.1. The average Bonchev–Trinajstić information content (AvgIpc) is 3.55. The molecule has 0 aliphatic heterocycles. The van der Waals surface area contributed by atoms with Crippen molar-refractivity contribution >= 4 is 49.3 Å². The summed E-state index contributed by atoms with van der Waals surface area (Å²) in [5, 5.41) is 10.4. The van der Waals surface area contributed by atoms with Gasteiger partial charge in [-0.15, -0.1) is 35.2 Å². The zero-order chi connectivity index (χ0) is 37.1. The molecule has 285 valence electrons. The monoisotopic (exact) mass is 896 g/mol. The Labute approximate surface area is 336 Å². The number of allylic oxidation sites excluding steroid dienone is 2. The second kappa shape index (κ2) is 17.3. The van der Waals surface area contributed by atoms with Crippen LogP contribution in [0.2, 0.25) is 0 Å². The van der Waals surface area contributed by atoms with Crippen molar-refractivity contribution in [3.05, 3.63) is 107 Å². The van der Waals surface area contributed by atoms with Gasteiger partial charge in [0.25, 0.3) is 0 Å². The van der Waals surface area contributed by atoms with E-state index in [0.717, 1.165) is 49.5 Å². The van der Waals surface area contributed by atoms with E-state index in [0.29, 0.717) is 18.0 Å². The number of aliphatic imine (C=N–C) groups is 1. The Morgan fingerprint density at radius 3 is 2.17 bits per heavy atom. The first-order valence-electron chi connectivity index (χ1n) is 20.2. The molecular formula is C49H57IrN3O-2. The molecule has 4 nitrogen and oxygen atoms in total. The summed E-state index contributed by atoms with van der Waals surface area (Å²) >= 11 is 0. The molecule has 1 radical (unpaired) electrons. The van der Waals surface area contributed by atoms with Crippen molar-refractivity contribution in [2.45, 2.75) is 136 Å². The number of rotatable bonds is 6. The first-order valence-corrected chi connectivity index (χ1v) is 20.2. The van der Waals surface area contributed by atoms with Crippen LogP contribution in [-0.4, -0.2) is 22.8 Å². The zero-order valence-electron chi connectivity index (χ0n) is 33.4. The van der Waals surface area contributed by atoms with Crippen LogP contribution in [-0.2, 0) is 25.5 Å². The van der Waals surface area contributed by atoms with Crippen molar-refractivity contribution in [3.63, 3.8) is 0 Å². The van der Waals surface area contributed by atoms with Crippen molar-refractivity contribution in [1.29, 1.82) is 0 Å². The van der Waals surface area contributed by atoms with Crippen LogP contribution in [0.3, 0.4) is 0 Å². The second-order valence-electron chi connectivity index (χ2n) is 16.8. The predicted octanol–water partition coefficient (Wildman–Crippen LogP) is 14.6. The summed E-state index contributed by atoms with van der Waals surface area (Å²) in [6.07, 6.45) is 15.5. The van der Waals surface area contributed by atoms with Crippen LogP contribution < -0.4 is 0 Å². The second-order valence-corrected chi connectivity index (χ2v) is 16.8. The number of benzene rings is 4. The maximum Gasteiger partial charge on any atom is 0.139 e. The molecule has 54 heavy (non-hydrogen) atoms. The predicted molar refractivity (Wildman–Crippen MR) is 228 cm³/mol. The molecule has 2 saturated carbocycles. The van der Waals surface area contributed by atoms with Crippen LogP contribution in [0.5, 0.6) is 0 Å². The van der Waals surface area contributed by atoms with Crippen molar-refractivity contribution in [1.82, 2.24) is 4.98 Å². The Balaban J connectivity index is 0.000000213. The average molecular weight is 896 g/mol. The molecule has 0 N–H and O–H groups in total. The Hall–Kier alpha value is -3.79. The van der Waals surface area contributed by atoms with Gasteiger partial charge < -0.3 is 9.73 Å². The standard InChI is InChI=1S/C32H28NO.C17H29N2.Ir/c1-19(2)22-14-10-15-25-28-29(33-27-16-9-8-13-24(27)31(28)34-30(22)25)21-17-20-11-6-7-12-23(20)26(18-21)32(3,4)5;1-14(18-16-9-5-3-6-10-16)13-15(2)19-17-11-7-4-8-12-17;/h6-16,18-19H,1-5H3;13,16-17H,3-12H2,1-2H3;/q2*-1;/b;14-13-,19-15?;. The van der Waals surface area contributed by atoms with Gasteiger partial charge in [0.2, 0.25) is 0 Å². The van der Waals surface area contributed by atoms with E-state index in [1.165, 1.54) is 92.1 Å². The summed E-state index contributed by atoms with van der Waals surface area (Å²) in [5.74, 6) is 0.367. The molecule has 0 amide bonds. The number of aromatic nitrogens is 1. The smallest absolute Gasteiger partial charge is 0.139 e. The van der Waals surface area contributed by atoms with Gasteiger partial charge in [-0.05, 0) is 48.8 Å². The van der Waals surface area contributed by atoms with E-state index in [4.69, 9.17) is 19.7 Å². The molecule has 4 aromatic carbocycles. The van der Waals surface area contributed by atoms with E-state index in [2.05, 4.69) is 127 Å². The van der Waals surface area contributed by atoms with Gasteiger partial charge in [-0.1, -0.05) is 158 Å². The molecule has 0 atom stereocenters. The normalized spacial score (nSPS) is 16.5. The van der Waals surface area contributed by atoms with Gasteiger partial charge in [0, 0.05) is 47.7 Å². The Morgan fingerprint density at radius 2 is 1.46 bits per heavy atom. The molecule has 2 fully saturated rings. The number of pyridine rings is 1. The molecule has 0 unspecified atom stereocenters. The number of fused-ring (bicyclic) bond motifs is 6. The minimum absolute atomic E-state index is 0. The molecule has 2 aromatic heterocycles. The van der Waals surface area contributed by atoms with E-state index < -0.39 is 0 Å². The molecule has 8 rings (SSSR count). The van der Waals surface area contributed by atoms with Gasteiger partial charge >= 0.3 is 0 Å². The third-order valence-electron chi connectivity index (χ3n) is 11.2. The van der Waals surface area contributed by atoms with Gasteiger partial charge in [-0.25, -0.2) is 0 Å². The number of hydrogen-bond acceptors (Lipinski definition) is 3. The molecular weight excluding hydrogens is 839 g/mol. The van der Waals surface area contributed by atoms with Crippen LogP contribution in [0.25, 0.3) is 60.2 Å². The quantitative estimate of drug-likeness (QED) is 0.124. The Kier molecular flexibility index (Phi) is 12.8.